The van der Waals surface area contributed by atoms with E-state index in [0.29, 0.717) is 12.2 Å². The summed E-state index contributed by atoms with van der Waals surface area (Å²) < 4.78 is 26.7. The molecule has 0 unspecified atom stereocenters. The zero-order chi connectivity index (χ0) is 13.2. The van der Waals surface area contributed by atoms with Gasteiger partial charge in [0, 0.05) is 12.2 Å². The second-order valence-corrected chi connectivity index (χ2v) is 6.58. The quantitative estimate of drug-likeness (QED) is 0.844. The van der Waals surface area contributed by atoms with E-state index in [-0.39, 0.29) is 4.90 Å². The molecule has 1 heterocycles. The van der Waals surface area contributed by atoms with E-state index in [1.165, 1.54) is 17.4 Å². The van der Waals surface area contributed by atoms with E-state index < -0.39 is 10.0 Å². The standard InChI is InChI=1S/C12H14N2O2S2/c1-9-4-11(13)6-12(5-9)18(15,16)14-7-10-2-3-17-8-10/h2-6,8,14H,7,13H2,1H3. The monoisotopic (exact) mass is 282 g/mol. The van der Waals surface area contributed by atoms with Crippen LogP contribution in [0.25, 0.3) is 0 Å². The minimum absolute atomic E-state index is 0.204. The number of aryl methyl sites for hydroxylation is 1. The van der Waals surface area contributed by atoms with Crippen molar-refractivity contribution in [1.29, 1.82) is 0 Å². The molecule has 0 fully saturated rings. The van der Waals surface area contributed by atoms with Crippen LogP contribution in [0.3, 0.4) is 0 Å². The number of benzene rings is 1. The van der Waals surface area contributed by atoms with Gasteiger partial charge in [-0.05, 0) is 53.1 Å². The van der Waals surface area contributed by atoms with Crippen molar-refractivity contribution in [2.24, 2.45) is 0 Å². The van der Waals surface area contributed by atoms with Gasteiger partial charge in [-0.1, -0.05) is 0 Å². The normalized spacial score (nSPS) is 11.6. The first-order chi connectivity index (χ1) is 8.47. The van der Waals surface area contributed by atoms with E-state index in [9.17, 15) is 8.42 Å². The Kier molecular flexibility index (Phi) is 3.70. The topological polar surface area (TPSA) is 72.2 Å². The number of sulfonamides is 1. The summed E-state index contributed by atoms with van der Waals surface area (Å²) in [4.78, 5) is 0.204. The summed E-state index contributed by atoms with van der Waals surface area (Å²) in [5, 5.41) is 3.82. The van der Waals surface area contributed by atoms with Crippen LogP contribution in [0.15, 0.2) is 39.9 Å². The maximum Gasteiger partial charge on any atom is 0.240 e. The van der Waals surface area contributed by atoms with Gasteiger partial charge in [-0.25, -0.2) is 13.1 Å². The molecule has 2 aromatic rings. The third-order valence-corrected chi connectivity index (χ3v) is 4.54. The highest BCUT2D eigenvalue weighted by molar-refractivity contribution is 7.89. The predicted octanol–water partition coefficient (Wildman–Crippen LogP) is 2.12. The number of thiophene rings is 1. The fourth-order valence-corrected chi connectivity index (χ4v) is 3.41. The molecule has 0 atom stereocenters. The molecule has 0 saturated carbocycles. The Balaban J connectivity index is 2.20. The first-order valence-corrected chi connectivity index (χ1v) is 7.78. The molecule has 0 radical (unpaired) electrons. The van der Waals surface area contributed by atoms with Crippen molar-refractivity contribution in [3.05, 3.63) is 46.2 Å². The Labute approximate surface area is 111 Å². The Morgan fingerprint density at radius 3 is 2.72 bits per heavy atom. The van der Waals surface area contributed by atoms with E-state index in [4.69, 9.17) is 5.73 Å². The predicted molar refractivity (Wildman–Crippen MR) is 73.9 cm³/mol. The lowest BCUT2D eigenvalue weighted by atomic mass is 10.2. The van der Waals surface area contributed by atoms with Crippen LogP contribution in [-0.4, -0.2) is 8.42 Å². The molecular formula is C12H14N2O2S2. The van der Waals surface area contributed by atoms with Crippen LogP contribution < -0.4 is 10.5 Å². The van der Waals surface area contributed by atoms with Gasteiger partial charge in [-0.3, -0.25) is 0 Å². The number of rotatable bonds is 4. The minimum atomic E-state index is -3.51. The molecule has 0 aliphatic heterocycles. The van der Waals surface area contributed by atoms with Crippen molar-refractivity contribution in [2.75, 3.05) is 5.73 Å². The maximum absolute atomic E-state index is 12.1. The van der Waals surface area contributed by atoms with Gasteiger partial charge in [0.15, 0.2) is 0 Å². The SMILES string of the molecule is Cc1cc(N)cc(S(=O)(=O)NCc2ccsc2)c1. The fraction of sp³-hybridized carbons (Fsp3) is 0.167. The molecule has 4 nitrogen and oxygen atoms in total. The summed E-state index contributed by atoms with van der Waals surface area (Å²) in [6, 6.07) is 6.69. The molecular weight excluding hydrogens is 268 g/mol. The molecule has 0 aliphatic carbocycles. The average Bonchev–Trinajstić information content (AvgIpc) is 2.78. The van der Waals surface area contributed by atoms with Crippen molar-refractivity contribution < 1.29 is 8.42 Å². The number of nitrogen functional groups attached to an aromatic ring is 1. The maximum atomic E-state index is 12.1. The fourth-order valence-electron chi connectivity index (χ4n) is 1.59. The molecule has 0 amide bonds. The molecule has 18 heavy (non-hydrogen) atoms. The van der Waals surface area contributed by atoms with Gasteiger partial charge in [0.1, 0.15) is 0 Å². The second-order valence-electron chi connectivity index (χ2n) is 4.04. The molecule has 0 aliphatic rings. The molecule has 0 spiro atoms. The van der Waals surface area contributed by atoms with Gasteiger partial charge < -0.3 is 5.73 Å². The molecule has 96 valence electrons. The van der Waals surface area contributed by atoms with Crippen LogP contribution in [0, 0.1) is 6.92 Å². The van der Waals surface area contributed by atoms with E-state index in [0.717, 1.165) is 11.1 Å². The highest BCUT2D eigenvalue weighted by Crippen LogP contribution is 2.16. The van der Waals surface area contributed by atoms with Crippen LogP contribution in [0.5, 0.6) is 0 Å². The van der Waals surface area contributed by atoms with Crippen LogP contribution >= 0.6 is 11.3 Å². The number of hydrogen-bond acceptors (Lipinski definition) is 4. The van der Waals surface area contributed by atoms with Gasteiger partial charge in [-0.2, -0.15) is 11.3 Å². The first kappa shape index (κ1) is 13.1. The molecule has 1 aromatic heterocycles. The summed E-state index contributed by atoms with van der Waals surface area (Å²) in [6.45, 7) is 2.11. The van der Waals surface area contributed by atoms with Crippen molar-refractivity contribution in [3.63, 3.8) is 0 Å². The largest absolute Gasteiger partial charge is 0.399 e. The molecule has 1 aromatic carbocycles. The van der Waals surface area contributed by atoms with Gasteiger partial charge in [-0.15, -0.1) is 0 Å². The highest BCUT2D eigenvalue weighted by atomic mass is 32.2. The second kappa shape index (κ2) is 5.09. The lowest BCUT2D eigenvalue weighted by molar-refractivity contribution is 0.581. The van der Waals surface area contributed by atoms with Crippen molar-refractivity contribution >= 4 is 27.0 Å². The molecule has 0 bridgehead atoms. The van der Waals surface area contributed by atoms with Crippen LogP contribution in [-0.2, 0) is 16.6 Å². The van der Waals surface area contributed by atoms with Gasteiger partial charge in [0.05, 0.1) is 4.90 Å². The first-order valence-electron chi connectivity index (χ1n) is 5.35. The lowest BCUT2D eigenvalue weighted by Crippen LogP contribution is -2.23. The smallest absolute Gasteiger partial charge is 0.240 e. The van der Waals surface area contributed by atoms with E-state index in [1.807, 2.05) is 23.8 Å². The summed E-state index contributed by atoms with van der Waals surface area (Å²) in [5.41, 5.74) is 7.88. The summed E-state index contributed by atoms with van der Waals surface area (Å²) in [5.74, 6) is 0. The molecule has 0 saturated heterocycles. The molecule has 2 rings (SSSR count). The Bertz CT molecular complexity index is 614. The highest BCUT2D eigenvalue weighted by Gasteiger charge is 2.14. The average molecular weight is 282 g/mol. The van der Waals surface area contributed by atoms with E-state index in [1.54, 1.807) is 12.1 Å². The minimum Gasteiger partial charge on any atom is -0.399 e. The number of hydrogen-bond donors (Lipinski definition) is 2. The Morgan fingerprint density at radius 1 is 1.33 bits per heavy atom. The van der Waals surface area contributed by atoms with Crippen LogP contribution in [0.1, 0.15) is 11.1 Å². The number of nitrogens with one attached hydrogen (secondary N) is 1. The van der Waals surface area contributed by atoms with Crippen molar-refractivity contribution in [1.82, 2.24) is 4.72 Å². The van der Waals surface area contributed by atoms with Crippen molar-refractivity contribution in [3.8, 4) is 0 Å². The molecule has 3 N–H and O–H groups in total. The zero-order valence-electron chi connectivity index (χ0n) is 9.88. The Morgan fingerprint density at radius 2 is 2.11 bits per heavy atom. The number of nitrogens with two attached hydrogens (primary N) is 1. The summed E-state index contributed by atoms with van der Waals surface area (Å²) in [6.07, 6.45) is 0. The number of anilines is 1. The van der Waals surface area contributed by atoms with Crippen molar-refractivity contribution in [2.45, 2.75) is 18.4 Å². The van der Waals surface area contributed by atoms with Gasteiger partial charge in [0.2, 0.25) is 10.0 Å². The van der Waals surface area contributed by atoms with E-state index >= 15 is 0 Å². The van der Waals surface area contributed by atoms with Gasteiger partial charge in [0.25, 0.3) is 0 Å². The molecule has 6 heteroatoms. The van der Waals surface area contributed by atoms with Crippen LogP contribution in [0.4, 0.5) is 5.69 Å². The summed E-state index contributed by atoms with van der Waals surface area (Å²) in [7, 11) is -3.51. The third-order valence-electron chi connectivity index (χ3n) is 2.43. The lowest BCUT2D eigenvalue weighted by Gasteiger charge is -2.07. The zero-order valence-corrected chi connectivity index (χ0v) is 11.5. The van der Waals surface area contributed by atoms with Crippen LogP contribution in [0.2, 0.25) is 0 Å². The van der Waals surface area contributed by atoms with E-state index in [2.05, 4.69) is 4.72 Å². The summed E-state index contributed by atoms with van der Waals surface area (Å²) >= 11 is 1.54. The Hall–Kier alpha value is -1.37. The van der Waals surface area contributed by atoms with Gasteiger partial charge >= 0.3 is 0 Å². The third kappa shape index (κ3) is 3.10.